The summed E-state index contributed by atoms with van der Waals surface area (Å²) in [6.45, 7) is 6.77. The van der Waals surface area contributed by atoms with Crippen molar-refractivity contribution in [3.05, 3.63) is 0 Å². The molecule has 0 aliphatic heterocycles. The topological polar surface area (TPSA) is 60.4 Å². The van der Waals surface area contributed by atoms with Crippen LogP contribution in [0.1, 0.15) is 53.4 Å². The molecule has 110 valence electrons. The van der Waals surface area contributed by atoms with E-state index in [1.54, 1.807) is 0 Å². The van der Waals surface area contributed by atoms with Crippen molar-refractivity contribution in [3.8, 4) is 0 Å². The molecule has 0 atom stereocenters. The van der Waals surface area contributed by atoms with Gasteiger partial charge in [-0.2, -0.15) is 0 Å². The van der Waals surface area contributed by atoms with Crippen molar-refractivity contribution < 1.29 is 17.5 Å². The fraction of sp³-hybridized carbons (Fsp3) is 0.786. The fourth-order valence-corrected chi connectivity index (χ4v) is 9.73. The van der Waals surface area contributed by atoms with Crippen molar-refractivity contribution in [2.75, 3.05) is 0 Å². The molecule has 0 rings (SSSR count). The Balaban J connectivity index is 4.57. The summed E-state index contributed by atoms with van der Waals surface area (Å²) >= 11 is -2.36. The first-order chi connectivity index (χ1) is 8.93. The first-order valence-corrected chi connectivity index (χ1v) is 13.2. The van der Waals surface area contributed by atoms with Crippen LogP contribution in [0, 0.1) is 5.92 Å². The zero-order valence-corrected chi connectivity index (χ0v) is 15.8. The Kier molecular flexibility index (Phi) is 10.2. The molecule has 0 radical (unpaired) electrons. The van der Waals surface area contributed by atoms with Crippen molar-refractivity contribution >= 4 is 37.7 Å². The molecule has 0 N–H and O–H groups in total. The molecule has 0 bridgehead atoms. The summed E-state index contributed by atoms with van der Waals surface area (Å²) in [5, 5.41) is 0. The van der Waals surface area contributed by atoms with Crippen LogP contribution in [0.4, 0.5) is 0 Å². The summed E-state index contributed by atoms with van der Waals surface area (Å²) in [6, 6.07) is 0. The van der Waals surface area contributed by atoms with Crippen molar-refractivity contribution in [2.45, 2.75) is 62.3 Å². The van der Waals surface area contributed by atoms with Crippen LogP contribution >= 0.6 is 0 Å². The first-order valence-electron chi connectivity index (χ1n) is 7.15. The maximum absolute atomic E-state index is 12.0. The zero-order chi connectivity index (χ0) is 14.8. The molecule has 4 nitrogen and oxygen atoms in total. The zero-order valence-electron chi connectivity index (χ0n) is 12.5. The van der Waals surface area contributed by atoms with Crippen LogP contribution in [0.2, 0.25) is 8.87 Å². The van der Waals surface area contributed by atoms with Gasteiger partial charge in [0.05, 0.1) is 0 Å². The van der Waals surface area contributed by atoms with E-state index in [1.807, 2.05) is 0 Å². The first kappa shape index (κ1) is 18.6. The second-order valence-corrected chi connectivity index (χ2v) is 12.5. The van der Waals surface area contributed by atoms with Crippen LogP contribution in [0.15, 0.2) is 0 Å². The van der Waals surface area contributed by atoms with Gasteiger partial charge in [0, 0.05) is 0 Å². The summed E-state index contributed by atoms with van der Waals surface area (Å²) in [6.07, 6.45) is 4.31. The number of carbonyl (C=O) groups excluding carboxylic acids is 3. The Morgan fingerprint density at radius 1 is 0.947 bits per heavy atom. The van der Waals surface area contributed by atoms with Crippen LogP contribution in [0.5, 0.6) is 0 Å². The molecular weight excluding hydrogens is 351 g/mol. The van der Waals surface area contributed by atoms with E-state index < -0.39 is 43.6 Å². The number of hydrogen-bond acceptors (Lipinski definition) is 4. The van der Waals surface area contributed by atoms with E-state index in [0.717, 1.165) is 34.6 Å². The maximum atomic E-state index is 12.0. The summed E-state index contributed by atoms with van der Waals surface area (Å²) in [4.78, 5) is 34.6. The van der Waals surface area contributed by atoms with E-state index in [1.165, 1.54) is 13.8 Å². The Morgan fingerprint density at radius 3 is 1.68 bits per heavy atom. The van der Waals surface area contributed by atoms with Gasteiger partial charge in [0.15, 0.2) is 0 Å². The molecule has 0 heterocycles. The van der Waals surface area contributed by atoms with E-state index >= 15 is 0 Å². The molecule has 0 saturated carbocycles. The third kappa shape index (κ3) is 7.70. The van der Waals surface area contributed by atoms with Gasteiger partial charge in [-0.15, -0.1) is 0 Å². The normalized spacial score (nSPS) is 10.8. The summed E-state index contributed by atoms with van der Waals surface area (Å²) < 4.78 is 7.58. The van der Waals surface area contributed by atoms with E-state index in [-0.39, 0.29) is 0 Å². The van der Waals surface area contributed by atoms with Crippen molar-refractivity contribution in [2.24, 2.45) is 5.92 Å². The quantitative estimate of drug-likeness (QED) is 0.434. The Hall–Kier alpha value is -0.391. The van der Waals surface area contributed by atoms with E-state index in [0.29, 0.717) is 0 Å². The SMILES string of the molecule is CCC[CH2][SnH]([CH2]CCC)[O]C(=O)C(C(C)=O)C(C)=O. The number of ketones is 2. The summed E-state index contributed by atoms with van der Waals surface area (Å²) in [5.74, 6) is -2.60. The Morgan fingerprint density at radius 2 is 1.37 bits per heavy atom. The van der Waals surface area contributed by atoms with Gasteiger partial charge in [-0.3, -0.25) is 0 Å². The molecule has 0 fully saturated rings. The minimum absolute atomic E-state index is 0.409. The van der Waals surface area contributed by atoms with Gasteiger partial charge in [-0.05, 0) is 0 Å². The van der Waals surface area contributed by atoms with Crippen LogP contribution in [-0.2, 0) is 17.5 Å². The summed E-state index contributed by atoms with van der Waals surface area (Å²) in [5.41, 5.74) is 0. The molecule has 0 saturated heterocycles. The predicted molar refractivity (Wildman–Crippen MR) is 77.5 cm³/mol. The molecule has 0 spiro atoms. The van der Waals surface area contributed by atoms with E-state index in [2.05, 4.69) is 13.8 Å². The molecule has 0 aliphatic carbocycles. The van der Waals surface area contributed by atoms with Gasteiger partial charge in [0.25, 0.3) is 0 Å². The Labute approximate surface area is 123 Å². The third-order valence-corrected chi connectivity index (χ3v) is 10.7. The fourth-order valence-electron chi connectivity index (χ4n) is 1.98. The number of carbonyl (C=O) groups is 3. The van der Waals surface area contributed by atoms with Crippen LogP contribution in [-0.4, -0.2) is 37.7 Å². The van der Waals surface area contributed by atoms with Gasteiger partial charge >= 0.3 is 123 Å². The van der Waals surface area contributed by atoms with Gasteiger partial charge in [-0.25, -0.2) is 0 Å². The molecule has 0 aromatic rings. The van der Waals surface area contributed by atoms with Gasteiger partial charge in [0.1, 0.15) is 0 Å². The Bertz CT molecular complexity index is 293. The van der Waals surface area contributed by atoms with Crippen LogP contribution in [0.25, 0.3) is 0 Å². The van der Waals surface area contributed by atoms with Gasteiger partial charge < -0.3 is 0 Å². The van der Waals surface area contributed by atoms with Crippen LogP contribution < -0.4 is 0 Å². The predicted octanol–water partition coefficient (Wildman–Crippen LogP) is 2.65. The average Bonchev–Trinajstić information content (AvgIpc) is 2.31. The monoisotopic (exact) mass is 378 g/mol. The number of Topliss-reactive ketones (excluding diaryl/α,β-unsaturated/α-hetero) is 2. The second kappa shape index (κ2) is 10.4. The number of unbranched alkanes of at least 4 members (excludes halogenated alkanes) is 2. The third-order valence-electron chi connectivity index (χ3n) is 3.09. The molecule has 5 heteroatoms. The minimum atomic E-state index is -2.36. The van der Waals surface area contributed by atoms with E-state index in [9.17, 15) is 14.4 Å². The van der Waals surface area contributed by atoms with E-state index in [4.69, 9.17) is 3.07 Å². The molecular formula is C14H26O4Sn. The molecule has 0 amide bonds. The molecule has 0 unspecified atom stereocenters. The van der Waals surface area contributed by atoms with Crippen molar-refractivity contribution in [1.82, 2.24) is 0 Å². The number of rotatable bonds is 10. The van der Waals surface area contributed by atoms with Crippen molar-refractivity contribution in [1.29, 1.82) is 0 Å². The van der Waals surface area contributed by atoms with Crippen LogP contribution in [0.3, 0.4) is 0 Å². The molecule has 0 aliphatic rings. The van der Waals surface area contributed by atoms with Gasteiger partial charge in [0.2, 0.25) is 0 Å². The van der Waals surface area contributed by atoms with Gasteiger partial charge in [-0.1, -0.05) is 0 Å². The molecule has 0 aromatic carbocycles. The molecule has 19 heavy (non-hydrogen) atoms. The second-order valence-electron chi connectivity index (χ2n) is 5.00. The number of hydrogen-bond donors (Lipinski definition) is 0. The summed E-state index contributed by atoms with van der Waals surface area (Å²) in [7, 11) is 0. The standard InChI is InChI=1S/C6H8O4.2C4H9.Sn.H/c1-3(7)5(4(2)8)6(9)10;2*1-3-4-2;;/h5H,1-2H3,(H,9,10);2*1,3-4H2,2H3;;/q;;;+1;/p-1. The molecule has 0 aromatic heterocycles. The van der Waals surface area contributed by atoms with Crippen molar-refractivity contribution in [3.63, 3.8) is 0 Å². The average molecular weight is 377 g/mol.